The van der Waals surface area contributed by atoms with Gasteiger partial charge in [0.15, 0.2) is 0 Å². The summed E-state index contributed by atoms with van der Waals surface area (Å²) in [5.41, 5.74) is -2.87. The van der Waals surface area contributed by atoms with Crippen molar-refractivity contribution in [1.82, 2.24) is 13.5 Å². The Balaban J connectivity index is 4.00. The van der Waals surface area contributed by atoms with Gasteiger partial charge in [-0.3, -0.25) is 9.36 Å². The highest BCUT2D eigenvalue weighted by molar-refractivity contribution is 6.08. The maximum Gasteiger partial charge on any atom is 0.322 e. The molecule has 0 aliphatic rings. The maximum atomic E-state index is 10.9. The first kappa shape index (κ1) is 8.63. The van der Waals surface area contributed by atoms with Crippen molar-refractivity contribution in [3.8, 4) is 0 Å². The molecule has 0 aliphatic carbocycles. The first-order valence-electron chi connectivity index (χ1n) is 2.92. The van der Waals surface area contributed by atoms with E-state index in [-0.39, 0.29) is 8.96 Å². The van der Waals surface area contributed by atoms with Crippen molar-refractivity contribution in [2.75, 3.05) is 0 Å². The van der Waals surface area contributed by atoms with E-state index >= 15 is 0 Å². The summed E-state index contributed by atoms with van der Waals surface area (Å²) in [6, 6.07) is 0. The lowest BCUT2D eigenvalue weighted by atomic mass is 10.4. The molecule has 12 heavy (non-hydrogen) atoms. The molecule has 8 heteroatoms. The summed E-state index contributed by atoms with van der Waals surface area (Å²) in [6.45, 7) is 0. The van der Waals surface area contributed by atoms with Gasteiger partial charge in [-0.25, -0.2) is 9.59 Å². The number of hydrogen-bond donors (Lipinski definition) is 0. The minimum atomic E-state index is -1.05. The maximum absolute atomic E-state index is 10.9. The van der Waals surface area contributed by atoms with Gasteiger partial charge in [-0.2, -0.15) is 0 Å². The SMILES string of the molecule is [B]n1c(=O)n([B])c(=O)n(C)c1=O. The largest absolute Gasteiger partial charge is 0.322 e. The number of hydrogen-bond acceptors (Lipinski definition) is 3. The predicted molar refractivity (Wildman–Crippen MR) is 42.5 cm³/mol. The van der Waals surface area contributed by atoms with E-state index in [1.165, 1.54) is 0 Å². The van der Waals surface area contributed by atoms with Crippen LogP contribution in [0, 0.1) is 0 Å². The van der Waals surface area contributed by atoms with Crippen LogP contribution in [0.5, 0.6) is 0 Å². The topological polar surface area (TPSA) is 66.0 Å². The van der Waals surface area contributed by atoms with Crippen LogP contribution in [0.25, 0.3) is 0 Å². The number of rotatable bonds is 0. The highest BCUT2D eigenvalue weighted by Gasteiger charge is 2.04. The Hall–Kier alpha value is -1.46. The number of aromatic nitrogens is 3. The van der Waals surface area contributed by atoms with Gasteiger partial charge < -0.3 is 8.96 Å². The molecule has 0 fully saturated rings. The van der Waals surface area contributed by atoms with E-state index in [2.05, 4.69) is 0 Å². The Labute approximate surface area is 68.9 Å². The molecule has 0 aliphatic heterocycles. The zero-order chi connectivity index (χ0) is 9.46. The lowest BCUT2D eigenvalue weighted by Gasteiger charge is -2.03. The fourth-order valence-corrected chi connectivity index (χ4v) is 0.685. The fraction of sp³-hybridized carbons (Fsp3) is 0.250. The monoisotopic (exact) mass is 163 g/mol. The van der Waals surface area contributed by atoms with E-state index in [4.69, 9.17) is 16.0 Å². The molecule has 0 aromatic carbocycles. The molecule has 0 saturated heterocycles. The normalized spacial score (nSPS) is 10.1. The molecule has 0 atom stereocenters. The first-order chi connectivity index (χ1) is 5.46. The molecule has 0 unspecified atom stereocenters. The van der Waals surface area contributed by atoms with Crippen LogP contribution < -0.4 is 17.1 Å². The minimum absolute atomic E-state index is 0.251. The molecule has 0 bridgehead atoms. The van der Waals surface area contributed by atoms with Crippen molar-refractivity contribution in [3.63, 3.8) is 0 Å². The molecular weight excluding hydrogens is 160 g/mol. The van der Waals surface area contributed by atoms with E-state index in [9.17, 15) is 14.4 Å². The van der Waals surface area contributed by atoms with Crippen molar-refractivity contribution in [2.45, 2.75) is 0 Å². The summed E-state index contributed by atoms with van der Waals surface area (Å²) in [5.74, 6) is 0. The lowest BCUT2D eigenvalue weighted by Crippen LogP contribution is -2.52. The first-order valence-corrected chi connectivity index (χ1v) is 2.92. The lowest BCUT2D eigenvalue weighted by molar-refractivity contribution is 0.666. The van der Waals surface area contributed by atoms with E-state index in [0.29, 0.717) is 4.57 Å². The van der Waals surface area contributed by atoms with Crippen LogP contribution >= 0.6 is 0 Å². The van der Waals surface area contributed by atoms with Crippen LogP contribution in [-0.2, 0) is 7.05 Å². The van der Waals surface area contributed by atoms with Gasteiger partial charge in [0.25, 0.3) is 0 Å². The van der Waals surface area contributed by atoms with E-state index in [1.807, 2.05) is 0 Å². The molecule has 1 aromatic heterocycles. The Bertz CT molecular complexity index is 380. The van der Waals surface area contributed by atoms with Crippen molar-refractivity contribution < 1.29 is 0 Å². The molecule has 0 spiro atoms. The van der Waals surface area contributed by atoms with E-state index < -0.39 is 17.1 Å². The van der Waals surface area contributed by atoms with Crippen molar-refractivity contribution >= 4 is 16.0 Å². The fourth-order valence-electron chi connectivity index (χ4n) is 0.685. The minimum Gasteiger partial charge on any atom is -0.305 e. The summed E-state index contributed by atoms with van der Waals surface area (Å²) >= 11 is 0. The van der Waals surface area contributed by atoms with Crippen LogP contribution in [0.1, 0.15) is 0 Å². The van der Waals surface area contributed by atoms with Crippen LogP contribution in [-0.4, -0.2) is 29.5 Å². The summed E-state index contributed by atoms with van der Waals surface area (Å²) < 4.78 is 1.13. The predicted octanol–water partition coefficient (Wildman–Crippen LogP) is -3.43. The van der Waals surface area contributed by atoms with Crippen LogP contribution in [0.3, 0.4) is 0 Å². The smallest absolute Gasteiger partial charge is 0.305 e. The second-order valence-corrected chi connectivity index (χ2v) is 2.15. The molecular formula is C4H3B2N3O3. The zero-order valence-electron chi connectivity index (χ0n) is 6.22. The third-order valence-electron chi connectivity index (χ3n) is 1.40. The van der Waals surface area contributed by atoms with E-state index in [1.54, 1.807) is 0 Å². The van der Waals surface area contributed by atoms with Gasteiger partial charge >= 0.3 is 17.1 Å². The third-order valence-corrected chi connectivity index (χ3v) is 1.40. The Morgan fingerprint density at radius 2 is 1.25 bits per heavy atom. The molecule has 1 aromatic rings. The van der Waals surface area contributed by atoms with E-state index in [0.717, 1.165) is 7.05 Å². The molecule has 4 radical (unpaired) electrons. The highest BCUT2D eigenvalue weighted by Crippen LogP contribution is 1.56. The third kappa shape index (κ3) is 0.956. The quantitative estimate of drug-likeness (QED) is 0.373. The van der Waals surface area contributed by atoms with Gasteiger partial charge in [-0.05, 0) is 0 Å². The molecule has 1 heterocycles. The highest BCUT2D eigenvalue weighted by atomic mass is 16.2. The van der Waals surface area contributed by atoms with Crippen LogP contribution in [0.4, 0.5) is 0 Å². The molecule has 1 rings (SSSR count). The number of nitrogens with zero attached hydrogens (tertiary/aromatic N) is 3. The van der Waals surface area contributed by atoms with Gasteiger partial charge in [0.1, 0.15) is 0 Å². The van der Waals surface area contributed by atoms with Crippen LogP contribution in [0.15, 0.2) is 14.4 Å². The molecule has 58 valence electrons. The van der Waals surface area contributed by atoms with Crippen molar-refractivity contribution in [2.24, 2.45) is 7.05 Å². The second kappa shape index (κ2) is 2.54. The second-order valence-electron chi connectivity index (χ2n) is 2.15. The summed E-state index contributed by atoms with van der Waals surface area (Å²) in [4.78, 5) is 32.6. The summed E-state index contributed by atoms with van der Waals surface area (Å²) in [7, 11) is 11.1. The van der Waals surface area contributed by atoms with Gasteiger partial charge in [-0.1, -0.05) is 0 Å². The van der Waals surface area contributed by atoms with Crippen molar-refractivity contribution in [3.05, 3.63) is 31.5 Å². The molecule has 0 amide bonds. The average molecular weight is 163 g/mol. The van der Waals surface area contributed by atoms with Gasteiger partial charge in [-0.15, -0.1) is 0 Å². The Morgan fingerprint density at radius 3 is 1.58 bits per heavy atom. The molecule has 0 N–H and O–H groups in total. The van der Waals surface area contributed by atoms with Gasteiger partial charge in [0, 0.05) is 7.05 Å². The average Bonchev–Trinajstić information content (AvgIpc) is 2.08. The zero-order valence-corrected chi connectivity index (χ0v) is 6.22. The van der Waals surface area contributed by atoms with Gasteiger partial charge in [0.2, 0.25) is 16.0 Å². The summed E-state index contributed by atoms with van der Waals surface area (Å²) in [6.07, 6.45) is 0. The molecule has 6 nitrogen and oxygen atoms in total. The van der Waals surface area contributed by atoms with Gasteiger partial charge in [0.05, 0.1) is 0 Å². The Morgan fingerprint density at radius 1 is 0.917 bits per heavy atom. The van der Waals surface area contributed by atoms with Crippen LogP contribution in [0.2, 0.25) is 0 Å². The standard InChI is InChI=1S/C4H3B2N3O3/c1-7-2(10)8(5)4(12)9(6)3(7)11/h1H3. The Kier molecular flexibility index (Phi) is 1.83. The molecule has 0 saturated carbocycles. The summed E-state index contributed by atoms with van der Waals surface area (Å²) in [5, 5.41) is 0. The van der Waals surface area contributed by atoms with Crippen molar-refractivity contribution in [1.29, 1.82) is 0 Å².